The average Bonchev–Trinajstić information content (AvgIpc) is 2.51. The number of Topliss-reactive ketones (excluding diaryl/α,β-unsaturated/α-hetero) is 1. The zero-order valence-electron chi connectivity index (χ0n) is 10.9. The van der Waals surface area contributed by atoms with Crippen LogP contribution in [0.25, 0.3) is 0 Å². The van der Waals surface area contributed by atoms with Crippen LogP contribution in [0.5, 0.6) is 0 Å². The molecule has 0 atom stereocenters. The molecule has 18 heavy (non-hydrogen) atoms. The Morgan fingerprint density at radius 3 is 2.39 bits per heavy atom. The Balaban J connectivity index is 3.32. The zero-order chi connectivity index (χ0) is 14.1. The lowest BCUT2D eigenvalue weighted by Gasteiger charge is -2.08. The van der Waals surface area contributed by atoms with E-state index in [4.69, 9.17) is 5.73 Å². The Morgan fingerprint density at radius 2 is 2.00 bits per heavy atom. The molecular formula is C11H18N2O3S2. The normalized spacial score (nSPS) is 11.8. The number of thiophene rings is 1. The number of nitrogens with two attached hydrogens (primary N) is 1. The number of nitrogen functional groups attached to an aromatic ring is 1. The fourth-order valence-corrected chi connectivity index (χ4v) is 3.94. The number of sulfone groups is 1. The number of nitrogens with one attached hydrogen (secondary N) is 1. The van der Waals surface area contributed by atoms with Crippen molar-refractivity contribution in [2.75, 3.05) is 23.9 Å². The second-order valence-corrected chi connectivity index (χ2v) is 7.58. The van der Waals surface area contributed by atoms with E-state index >= 15 is 0 Å². The molecule has 0 saturated carbocycles. The number of hydrogen-bond donors (Lipinski definition) is 2. The Morgan fingerprint density at radius 1 is 1.44 bits per heavy atom. The van der Waals surface area contributed by atoms with E-state index in [1.165, 1.54) is 6.92 Å². The maximum absolute atomic E-state index is 11.7. The first-order valence-electron chi connectivity index (χ1n) is 5.51. The van der Waals surface area contributed by atoms with Crippen LogP contribution in [0, 0.1) is 5.92 Å². The maximum Gasteiger partial charge on any atom is 0.180 e. The number of carbonyl (C=O) groups is 1. The first kappa shape index (κ1) is 15.0. The third-order valence-electron chi connectivity index (χ3n) is 2.26. The molecule has 0 bridgehead atoms. The third-order valence-corrected chi connectivity index (χ3v) is 4.82. The van der Waals surface area contributed by atoms with Crippen LogP contribution in [0.15, 0.2) is 4.90 Å². The summed E-state index contributed by atoms with van der Waals surface area (Å²) in [6, 6.07) is 0. The molecule has 1 aromatic heterocycles. The molecule has 102 valence electrons. The Kier molecular flexibility index (Phi) is 4.39. The van der Waals surface area contributed by atoms with Gasteiger partial charge in [-0.05, 0) is 5.92 Å². The standard InChI is InChI=1S/C11H18N2O3S2/c1-6(2)5-13-11-10(18(4,15)16)8(12)9(17-11)7(3)14/h6,13H,5,12H2,1-4H3. The van der Waals surface area contributed by atoms with Crippen molar-refractivity contribution >= 4 is 37.6 Å². The van der Waals surface area contributed by atoms with Gasteiger partial charge in [-0.15, -0.1) is 11.3 Å². The minimum absolute atomic E-state index is 0.0401. The molecule has 0 aromatic carbocycles. The van der Waals surface area contributed by atoms with E-state index in [1.807, 2.05) is 13.8 Å². The molecule has 0 aliphatic heterocycles. The van der Waals surface area contributed by atoms with Crippen molar-refractivity contribution in [2.45, 2.75) is 25.7 Å². The molecule has 0 radical (unpaired) electrons. The van der Waals surface area contributed by atoms with E-state index in [0.717, 1.165) is 17.6 Å². The SMILES string of the molecule is CC(=O)c1sc(NCC(C)C)c(S(C)(=O)=O)c1N. The molecule has 0 saturated heterocycles. The van der Waals surface area contributed by atoms with Crippen LogP contribution in [-0.2, 0) is 9.84 Å². The summed E-state index contributed by atoms with van der Waals surface area (Å²) in [5.74, 6) is 0.140. The number of ketones is 1. The van der Waals surface area contributed by atoms with Crippen molar-refractivity contribution in [1.29, 1.82) is 0 Å². The quantitative estimate of drug-likeness (QED) is 0.810. The van der Waals surface area contributed by atoms with Crippen molar-refractivity contribution in [3.05, 3.63) is 4.88 Å². The van der Waals surface area contributed by atoms with Crippen molar-refractivity contribution in [3.63, 3.8) is 0 Å². The van der Waals surface area contributed by atoms with Gasteiger partial charge >= 0.3 is 0 Å². The van der Waals surface area contributed by atoms with Gasteiger partial charge in [0.15, 0.2) is 15.6 Å². The number of hydrogen-bond acceptors (Lipinski definition) is 6. The topological polar surface area (TPSA) is 89.3 Å². The van der Waals surface area contributed by atoms with Gasteiger partial charge in [0, 0.05) is 19.7 Å². The van der Waals surface area contributed by atoms with Gasteiger partial charge < -0.3 is 11.1 Å². The fourth-order valence-electron chi connectivity index (χ4n) is 1.47. The molecular weight excluding hydrogens is 272 g/mol. The molecule has 1 aromatic rings. The summed E-state index contributed by atoms with van der Waals surface area (Å²) in [5, 5.41) is 3.50. The summed E-state index contributed by atoms with van der Waals surface area (Å²) in [6.07, 6.45) is 1.09. The molecule has 0 unspecified atom stereocenters. The molecule has 0 aliphatic rings. The average molecular weight is 290 g/mol. The molecule has 0 spiro atoms. The van der Waals surface area contributed by atoms with Crippen molar-refractivity contribution in [3.8, 4) is 0 Å². The fraction of sp³-hybridized carbons (Fsp3) is 0.545. The third kappa shape index (κ3) is 3.23. The molecule has 0 aliphatic carbocycles. The van der Waals surface area contributed by atoms with E-state index in [-0.39, 0.29) is 16.4 Å². The van der Waals surface area contributed by atoms with Gasteiger partial charge in [0.25, 0.3) is 0 Å². The van der Waals surface area contributed by atoms with Gasteiger partial charge in [0.1, 0.15) is 9.90 Å². The number of carbonyl (C=O) groups excluding carboxylic acids is 1. The molecule has 1 rings (SSSR count). The van der Waals surface area contributed by atoms with Gasteiger partial charge in [-0.3, -0.25) is 4.79 Å². The van der Waals surface area contributed by atoms with Crippen LogP contribution in [0.4, 0.5) is 10.7 Å². The smallest absolute Gasteiger partial charge is 0.180 e. The molecule has 0 fully saturated rings. The van der Waals surface area contributed by atoms with Crippen LogP contribution in [-0.4, -0.2) is 27.0 Å². The second kappa shape index (κ2) is 5.27. The molecule has 5 nitrogen and oxygen atoms in total. The second-order valence-electron chi connectivity index (χ2n) is 4.61. The van der Waals surface area contributed by atoms with E-state index in [0.29, 0.717) is 22.3 Å². The first-order chi connectivity index (χ1) is 8.14. The highest BCUT2D eigenvalue weighted by molar-refractivity contribution is 7.91. The highest BCUT2D eigenvalue weighted by Gasteiger charge is 2.25. The van der Waals surface area contributed by atoms with Gasteiger partial charge in [-0.2, -0.15) is 0 Å². The van der Waals surface area contributed by atoms with E-state index in [1.54, 1.807) is 0 Å². The van der Waals surface area contributed by atoms with E-state index in [9.17, 15) is 13.2 Å². The lowest BCUT2D eigenvalue weighted by Crippen LogP contribution is -2.10. The van der Waals surface area contributed by atoms with Gasteiger partial charge in [-0.1, -0.05) is 13.8 Å². The lowest BCUT2D eigenvalue weighted by molar-refractivity contribution is 0.102. The summed E-state index contributed by atoms with van der Waals surface area (Å²) in [6.45, 7) is 6.02. The lowest BCUT2D eigenvalue weighted by atomic mass is 10.2. The summed E-state index contributed by atoms with van der Waals surface area (Å²) in [5.41, 5.74) is 5.82. The van der Waals surface area contributed by atoms with Crippen molar-refractivity contribution in [1.82, 2.24) is 0 Å². The molecule has 1 heterocycles. The van der Waals surface area contributed by atoms with Crippen LogP contribution in [0.3, 0.4) is 0 Å². The van der Waals surface area contributed by atoms with Gasteiger partial charge in [0.2, 0.25) is 0 Å². The number of anilines is 2. The molecule has 0 amide bonds. The highest BCUT2D eigenvalue weighted by atomic mass is 32.2. The Hall–Kier alpha value is -1.08. The van der Waals surface area contributed by atoms with Crippen LogP contribution in [0.2, 0.25) is 0 Å². The van der Waals surface area contributed by atoms with Crippen LogP contribution < -0.4 is 11.1 Å². The first-order valence-corrected chi connectivity index (χ1v) is 8.22. The van der Waals surface area contributed by atoms with Gasteiger partial charge in [0.05, 0.1) is 10.6 Å². The largest absolute Gasteiger partial charge is 0.396 e. The Labute approximate surface area is 111 Å². The van der Waals surface area contributed by atoms with Gasteiger partial charge in [-0.25, -0.2) is 8.42 Å². The minimum Gasteiger partial charge on any atom is -0.396 e. The minimum atomic E-state index is -3.45. The number of rotatable bonds is 5. The van der Waals surface area contributed by atoms with Crippen LogP contribution >= 0.6 is 11.3 Å². The summed E-state index contributed by atoms with van der Waals surface area (Å²) < 4.78 is 23.5. The summed E-state index contributed by atoms with van der Waals surface area (Å²) in [4.78, 5) is 11.7. The van der Waals surface area contributed by atoms with Crippen molar-refractivity contribution in [2.24, 2.45) is 5.92 Å². The van der Waals surface area contributed by atoms with Crippen molar-refractivity contribution < 1.29 is 13.2 Å². The predicted octanol–water partition coefficient (Wildman–Crippen LogP) is 2.00. The Bertz CT molecular complexity index is 559. The summed E-state index contributed by atoms with van der Waals surface area (Å²) >= 11 is 1.10. The van der Waals surface area contributed by atoms with E-state index < -0.39 is 9.84 Å². The zero-order valence-corrected chi connectivity index (χ0v) is 12.5. The molecule has 3 N–H and O–H groups in total. The van der Waals surface area contributed by atoms with E-state index in [2.05, 4.69) is 5.32 Å². The monoisotopic (exact) mass is 290 g/mol. The highest BCUT2D eigenvalue weighted by Crippen LogP contribution is 2.39. The maximum atomic E-state index is 11.7. The summed E-state index contributed by atoms with van der Waals surface area (Å²) in [7, 11) is -3.45. The predicted molar refractivity (Wildman–Crippen MR) is 75.2 cm³/mol. The molecule has 7 heteroatoms. The van der Waals surface area contributed by atoms with Crippen LogP contribution in [0.1, 0.15) is 30.4 Å².